The van der Waals surface area contributed by atoms with Crippen molar-refractivity contribution >= 4 is 16.9 Å². The lowest BCUT2D eigenvalue weighted by atomic mass is 9.77. The number of fused-ring (bicyclic) bond motifs is 1. The largest absolute Gasteiger partial charge is 0.459 e. The van der Waals surface area contributed by atoms with Crippen LogP contribution in [-0.4, -0.2) is 189 Å². The SMILES string of the molecule is CC[C@H]1OC(=O)[C@H](C)[C@@H](OC2CC(C)(OC)C(O)C(C)O2)[C@H](C)[C@@H](OC2OC(C)CC(N(C)C)C2O)[C@](C)(O)C[C@@H](C)CN(C)[C@H](C)[C@@H](O)[C@]1(C)O.OC(c1cc(C(F)(F)F)nc2c(C(F)(F)F)cccc12)C1CCCCN1. The van der Waals surface area contributed by atoms with Gasteiger partial charge in [0.15, 0.2) is 12.6 Å². The lowest BCUT2D eigenvalue weighted by molar-refractivity contribution is -0.318. The molecule has 0 spiro atoms. The van der Waals surface area contributed by atoms with E-state index in [1.54, 1.807) is 41.5 Å². The van der Waals surface area contributed by atoms with E-state index in [4.69, 9.17) is 28.4 Å². The number of pyridine rings is 1. The topological polar surface area (TPSA) is 225 Å². The molecule has 1 aromatic heterocycles. The van der Waals surface area contributed by atoms with Gasteiger partial charge in [0.2, 0.25) is 0 Å². The smallest absolute Gasteiger partial charge is 0.433 e. The van der Waals surface area contributed by atoms with E-state index in [-0.39, 0.29) is 48.3 Å². The van der Waals surface area contributed by atoms with Gasteiger partial charge in [0.05, 0.1) is 58.7 Å². The van der Waals surface area contributed by atoms with Crippen LogP contribution in [0.2, 0.25) is 0 Å². The molecular formula is C55H88F6N4O13. The van der Waals surface area contributed by atoms with Gasteiger partial charge < -0.3 is 74.2 Å². The number of halogens is 6. The quantitative estimate of drug-likeness (QED) is 0.107. The number of aliphatic hydroxyl groups excluding tert-OH is 4. The molecule has 78 heavy (non-hydrogen) atoms. The number of nitrogens with zero attached hydrogens (tertiary/aromatic N) is 3. The van der Waals surface area contributed by atoms with E-state index in [2.05, 4.69) is 10.3 Å². The molecule has 4 aliphatic heterocycles. The number of nitrogens with one attached hydrogen (secondary N) is 1. The summed E-state index contributed by atoms with van der Waals surface area (Å²) in [4.78, 5) is 21.3. The number of aromatic nitrogens is 1. The summed E-state index contributed by atoms with van der Waals surface area (Å²) in [5.41, 5.74) is -8.09. The third kappa shape index (κ3) is 15.2. The second-order valence-electron chi connectivity index (χ2n) is 23.5. The third-order valence-corrected chi connectivity index (χ3v) is 16.7. The molecule has 6 rings (SSSR count). The number of cyclic esters (lactones) is 1. The van der Waals surface area contributed by atoms with E-state index < -0.39 is 137 Å². The Hall–Kier alpha value is -2.88. The molecule has 2 aromatic rings. The van der Waals surface area contributed by atoms with Gasteiger partial charge in [-0.05, 0) is 132 Å². The van der Waals surface area contributed by atoms with E-state index in [1.807, 2.05) is 51.7 Å². The first-order valence-corrected chi connectivity index (χ1v) is 27.2. The fraction of sp³-hybridized carbons (Fsp3) is 0.818. The molecule has 448 valence electrons. The third-order valence-electron chi connectivity index (χ3n) is 16.7. The number of likely N-dealkylation sites (N-methyl/N-ethyl adjacent to an activating group) is 2. The van der Waals surface area contributed by atoms with Crippen LogP contribution < -0.4 is 5.32 Å². The fourth-order valence-corrected chi connectivity index (χ4v) is 12.0. The number of benzene rings is 1. The monoisotopic (exact) mass is 1130 g/mol. The van der Waals surface area contributed by atoms with Crippen molar-refractivity contribution in [3.05, 3.63) is 41.1 Å². The zero-order chi connectivity index (χ0) is 58.8. The molecule has 0 saturated carbocycles. The van der Waals surface area contributed by atoms with Gasteiger partial charge in [-0.15, -0.1) is 0 Å². The number of rotatable bonds is 9. The van der Waals surface area contributed by atoms with Gasteiger partial charge >= 0.3 is 18.3 Å². The lowest BCUT2D eigenvalue weighted by Crippen LogP contribution is -2.60. The number of piperidine rings is 1. The van der Waals surface area contributed by atoms with Gasteiger partial charge in [-0.3, -0.25) is 4.79 Å². The Labute approximate surface area is 455 Å². The molecule has 1 aromatic carbocycles. The molecule has 4 aliphatic rings. The Morgan fingerprint density at radius 2 is 1.59 bits per heavy atom. The molecule has 0 amide bonds. The second-order valence-corrected chi connectivity index (χ2v) is 23.5. The number of carbonyl (C=O) groups excluding carboxylic acids is 1. The van der Waals surface area contributed by atoms with E-state index >= 15 is 0 Å². The van der Waals surface area contributed by atoms with Crippen LogP contribution in [0.15, 0.2) is 24.3 Å². The maximum atomic E-state index is 14.2. The summed E-state index contributed by atoms with van der Waals surface area (Å²) in [6.07, 6.45) is -17.2. The van der Waals surface area contributed by atoms with Gasteiger partial charge in [0, 0.05) is 49.5 Å². The van der Waals surface area contributed by atoms with Crippen LogP contribution in [-0.2, 0) is 45.6 Å². The summed E-state index contributed by atoms with van der Waals surface area (Å²) in [6.45, 7) is 18.6. The van der Waals surface area contributed by atoms with Crippen molar-refractivity contribution in [2.45, 2.75) is 229 Å². The average Bonchev–Trinajstić information content (AvgIpc) is 3.41. The van der Waals surface area contributed by atoms with Crippen LogP contribution in [0.4, 0.5) is 26.3 Å². The van der Waals surface area contributed by atoms with Crippen LogP contribution in [0, 0.1) is 17.8 Å². The molecule has 20 atom stereocenters. The van der Waals surface area contributed by atoms with Gasteiger partial charge in [-0.1, -0.05) is 39.3 Å². The summed E-state index contributed by atoms with van der Waals surface area (Å²) < 4.78 is 117. The number of hydrogen-bond acceptors (Lipinski definition) is 17. The van der Waals surface area contributed by atoms with Crippen LogP contribution in [0.5, 0.6) is 0 Å². The summed E-state index contributed by atoms with van der Waals surface area (Å²) in [7, 11) is 7.12. The minimum atomic E-state index is -4.93. The highest BCUT2D eigenvalue weighted by atomic mass is 19.4. The van der Waals surface area contributed by atoms with Gasteiger partial charge in [-0.25, -0.2) is 4.98 Å². The van der Waals surface area contributed by atoms with Crippen molar-refractivity contribution in [3.63, 3.8) is 0 Å². The highest BCUT2D eigenvalue weighted by Gasteiger charge is 2.53. The number of methoxy groups -OCH3 is 1. The first kappa shape index (κ1) is 65.9. The van der Waals surface area contributed by atoms with Crippen molar-refractivity contribution in [2.24, 2.45) is 17.8 Å². The zero-order valence-corrected chi connectivity index (χ0v) is 47.6. The Morgan fingerprint density at radius 3 is 2.15 bits per heavy atom. The molecule has 0 aliphatic carbocycles. The Kier molecular flexibility index (Phi) is 22.1. The van der Waals surface area contributed by atoms with E-state index in [0.29, 0.717) is 38.1 Å². The second kappa shape index (κ2) is 26.1. The molecule has 23 heteroatoms. The first-order valence-electron chi connectivity index (χ1n) is 27.2. The summed E-state index contributed by atoms with van der Waals surface area (Å²) >= 11 is 0. The van der Waals surface area contributed by atoms with Crippen LogP contribution in [0.1, 0.15) is 137 Å². The summed E-state index contributed by atoms with van der Waals surface area (Å²) in [5.74, 6) is -2.58. The van der Waals surface area contributed by atoms with Gasteiger partial charge in [0.25, 0.3) is 0 Å². The zero-order valence-electron chi connectivity index (χ0n) is 47.6. The minimum Gasteiger partial charge on any atom is -0.459 e. The maximum absolute atomic E-state index is 14.2. The molecular weight excluding hydrogens is 1040 g/mol. The van der Waals surface area contributed by atoms with Crippen molar-refractivity contribution in [1.29, 1.82) is 0 Å². The van der Waals surface area contributed by atoms with E-state index in [0.717, 1.165) is 18.9 Å². The first-order chi connectivity index (χ1) is 36.0. The van der Waals surface area contributed by atoms with Crippen LogP contribution in [0.25, 0.3) is 10.9 Å². The molecule has 7 N–H and O–H groups in total. The van der Waals surface area contributed by atoms with Crippen LogP contribution in [0.3, 0.4) is 0 Å². The number of hydrogen-bond donors (Lipinski definition) is 7. The van der Waals surface area contributed by atoms with Crippen molar-refractivity contribution < 1.29 is 90.2 Å². The number of esters is 1. The lowest BCUT2D eigenvalue weighted by Gasteiger charge is -2.48. The van der Waals surface area contributed by atoms with E-state index in [1.165, 1.54) is 20.1 Å². The van der Waals surface area contributed by atoms with Gasteiger partial charge in [-0.2, -0.15) is 26.3 Å². The van der Waals surface area contributed by atoms with Crippen molar-refractivity contribution in [2.75, 3.05) is 41.3 Å². The van der Waals surface area contributed by atoms with E-state index in [9.17, 15) is 61.8 Å². The number of carbonyl (C=O) groups is 1. The number of alkyl halides is 6. The average molecular weight is 1130 g/mol. The Bertz CT molecular complexity index is 2260. The predicted molar refractivity (Wildman–Crippen MR) is 277 cm³/mol. The molecule has 0 bridgehead atoms. The highest BCUT2D eigenvalue weighted by molar-refractivity contribution is 5.86. The number of aliphatic hydroxyl groups is 6. The fourth-order valence-electron chi connectivity index (χ4n) is 12.0. The molecule has 5 heterocycles. The summed E-state index contributed by atoms with van der Waals surface area (Å²) in [5, 5.41) is 71.6. The number of para-hydroxylation sites is 1. The molecule has 0 radical (unpaired) electrons. The van der Waals surface area contributed by atoms with Crippen LogP contribution >= 0.6 is 0 Å². The highest BCUT2D eigenvalue weighted by Crippen LogP contribution is 2.43. The predicted octanol–water partition coefficient (Wildman–Crippen LogP) is 6.35. The normalized spacial score (nSPS) is 39.9. The molecule has 17 nitrogen and oxygen atoms in total. The number of ether oxygens (including phenoxy) is 6. The molecule has 4 fully saturated rings. The summed E-state index contributed by atoms with van der Waals surface area (Å²) in [6, 6.07) is 2.35. The maximum Gasteiger partial charge on any atom is 0.433 e. The Balaban J connectivity index is 0.000000357. The van der Waals surface area contributed by atoms with Gasteiger partial charge in [0.1, 0.15) is 35.7 Å². The molecule has 4 saturated heterocycles. The molecule has 10 unspecified atom stereocenters. The standard InChI is InChI=1S/C38H72N2O12.C17H16F6N2O/c1-15-27-38(10,46)31(42)24(6)40(13)19-20(2)17-36(8,45)33(52-35-29(41)26(39(11)12)16-21(3)48-35)22(4)30(23(5)34(44)50-27)51-28-18-37(9,47-14)32(43)25(7)49-28;18-16(19,20)11-5-3-4-9-10(15(26)12-6-1-2-7-24-12)8-13(17(21,22)23)25-14(9)11/h20-33,35,41-43,45-46H,15-19H2,1-14H3;3-5,8,12,15,24,26H,1-2,6-7H2/t20-,21?,22+,23-,24-,25?,26?,27-,28?,29?,30+,31-,32?,33-,35?,36-,37?,38-;/m1./s1. The Morgan fingerprint density at radius 1 is 0.936 bits per heavy atom. The minimum absolute atomic E-state index is 0.132. The van der Waals surface area contributed by atoms with Crippen molar-refractivity contribution in [3.8, 4) is 0 Å². The van der Waals surface area contributed by atoms with Crippen molar-refractivity contribution in [1.82, 2.24) is 20.1 Å².